The third-order valence-corrected chi connectivity index (χ3v) is 6.53. The number of anilines is 2. The fourth-order valence-corrected chi connectivity index (χ4v) is 4.70. The van der Waals surface area contributed by atoms with Crippen LogP contribution in [0.3, 0.4) is 0 Å². The highest BCUT2D eigenvalue weighted by Gasteiger charge is 2.26. The molecule has 0 aliphatic rings. The zero-order valence-corrected chi connectivity index (χ0v) is 19.7. The van der Waals surface area contributed by atoms with Crippen molar-refractivity contribution in [1.29, 1.82) is 0 Å². The maximum atomic E-state index is 12.8. The van der Waals surface area contributed by atoms with Gasteiger partial charge in [-0.2, -0.15) is 0 Å². The summed E-state index contributed by atoms with van der Waals surface area (Å²) < 4.78 is 16.2. The molecule has 1 atom stereocenters. The Morgan fingerprint density at radius 3 is 2.55 bits per heavy atom. The smallest absolute Gasteiger partial charge is 0.291 e. The second-order valence-electron chi connectivity index (χ2n) is 7.36. The van der Waals surface area contributed by atoms with Gasteiger partial charge in [-0.15, -0.1) is 11.3 Å². The van der Waals surface area contributed by atoms with E-state index in [1.54, 1.807) is 32.5 Å². The average molecular weight is 464 g/mol. The van der Waals surface area contributed by atoms with Crippen LogP contribution in [0.5, 0.6) is 11.5 Å². The standard InChI is InChI=1S/C25H25N3O4S/c1-15-16(2)33-25(28-24(29)19-8-7-13-32-19)22(15)23(27-21-9-5-6-12-26-21)17-10-11-18(30-3)20(14-17)31-4/h5-14,23H,1-4H3,(H,26,27)(H,28,29)/t23-/m0/s1. The van der Waals surface area contributed by atoms with Crippen molar-refractivity contribution in [2.75, 3.05) is 24.9 Å². The van der Waals surface area contributed by atoms with Gasteiger partial charge in [-0.25, -0.2) is 4.98 Å². The Kier molecular flexibility index (Phi) is 6.65. The lowest BCUT2D eigenvalue weighted by molar-refractivity contribution is 0.0997. The molecule has 3 aromatic heterocycles. The SMILES string of the molecule is COc1ccc([C@H](Nc2ccccn2)c2c(NC(=O)c3ccco3)sc(C)c2C)cc1OC. The number of hydrogen-bond donors (Lipinski definition) is 2. The van der Waals surface area contributed by atoms with Gasteiger partial charge in [-0.05, 0) is 61.4 Å². The Morgan fingerprint density at radius 1 is 1.06 bits per heavy atom. The number of ether oxygens (including phenoxy) is 2. The number of nitrogens with one attached hydrogen (secondary N) is 2. The maximum absolute atomic E-state index is 12.8. The first-order valence-corrected chi connectivity index (χ1v) is 11.2. The highest BCUT2D eigenvalue weighted by Crippen LogP contribution is 2.42. The largest absolute Gasteiger partial charge is 0.493 e. The first kappa shape index (κ1) is 22.4. The molecule has 7 nitrogen and oxygen atoms in total. The van der Waals surface area contributed by atoms with Crippen molar-refractivity contribution in [1.82, 2.24) is 4.98 Å². The van der Waals surface area contributed by atoms with Gasteiger partial charge in [0.05, 0.1) is 26.5 Å². The van der Waals surface area contributed by atoms with Crippen molar-refractivity contribution in [2.24, 2.45) is 0 Å². The molecule has 1 amide bonds. The minimum atomic E-state index is -0.309. The minimum Gasteiger partial charge on any atom is -0.493 e. The van der Waals surface area contributed by atoms with Gasteiger partial charge in [0.2, 0.25) is 0 Å². The molecule has 0 radical (unpaired) electrons. The van der Waals surface area contributed by atoms with E-state index in [1.807, 2.05) is 43.3 Å². The van der Waals surface area contributed by atoms with Crippen LogP contribution in [0.2, 0.25) is 0 Å². The third-order valence-electron chi connectivity index (χ3n) is 5.39. The molecule has 0 aliphatic heterocycles. The van der Waals surface area contributed by atoms with E-state index >= 15 is 0 Å². The molecule has 33 heavy (non-hydrogen) atoms. The lowest BCUT2D eigenvalue weighted by Crippen LogP contribution is -2.18. The number of carbonyl (C=O) groups is 1. The Hall–Kier alpha value is -3.78. The van der Waals surface area contributed by atoms with Crippen LogP contribution in [-0.4, -0.2) is 25.1 Å². The zero-order chi connectivity index (χ0) is 23.4. The van der Waals surface area contributed by atoms with E-state index in [0.717, 1.165) is 26.6 Å². The second-order valence-corrected chi connectivity index (χ2v) is 8.59. The lowest BCUT2D eigenvalue weighted by Gasteiger charge is -2.23. The van der Waals surface area contributed by atoms with E-state index in [1.165, 1.54) is 17.6 Å². The van der Waals surface area contributed by atoms with E-state index < -0.39 is 0 Å². The summed E-state index contributed by atoms with van der Waals surface area (Å²) in [4.78, 5) is 18.3. The van der Waals surface area contributed by atoms with Crippen LogP contribution in [0.1, 0.15) is 38.2 Å². The van der Waals surface area contributed by atoms with E-state index in [2.05, 4.69) is 22.5 Å². The lowest BCUT2D eigenvalue weighted by atomic mass is 9.96. The van der Waals surface area contributed by atoms with Gasteiger partial charge in [0.25, 0.3) is 5.91 Å². The molecule has 0 aliphatic carbocycles. The predicted octanol–water partition coefficient (Wildman–Crippen LogP) is 5.82. The molecule has 0 fully saturated rings. The van der Waals surface area contributed by atoms with Crippen molar-refractivity contribution in [2.45, 2.75) is 19.9 Å². The number of aryl methyl sites for hydroxylation is 1. The molecule has 0 unspecified atom stereocenters. The maximum Gasteiger partial charge on any atom is 0.291 e. The Morgan fingerprint density at radius 2 is 1.88 bits per heavy atom. The fraction of sp³-hybridized carbons (Fsp3) is 0.200. The van der Waals surface area contributed by atoms with Crippen molar-refractivity contribution in [3.63, 3.8) is 0 Å². The molecule has 8 heteroatoms. The van der Waals surface area contributed by atoms with Crippen molar-refractivity contribution >= 4 is 28.1 Å². The van der Waals surface area contributed by atoms with Gasteiger partial charge < -0.3 is 24.5 Å². The summed E-state index contributed by atoms with van der Waals surface area (Å²) in [5.74, 6) is 1.93. The monoisotopic (exact) mass is 463 g/mol. The molecule has 4 rings (SSSR count). The van der Waals surface area contributed by atoms with Crippen LogP contribution in [-0.2, 0) is 0 Å². The first-order chi connectivity index (χ1) is 16.0. The van der Waals surface area contributed by atoms with Crippen LogP contribution >= 0.6 is 11.3 Å². The Bertz CT molecular complexity index is 1240. The molecule has 0 saturated carbocycles. The molecule has 0 saturated heterocycles. The molecule has 170 valence electrons. The highest BCUT2D eigenvalue weighted by atomic mass is 32.1. The molecular formula is C25H25N3O4S. The van der Waals surface area contributed by atoms with Crippen LogP contribution < -0.4 is 20.1 Å². The third kappa shape index (κ3) is 4.70. The fourth-order valence-electron chi connectivity index (χ4n) is 3.61. The summed E-state index contributed by atoms with van der Waals surface area (Å²) in [7, 11) is 3.22. The van der Waals surface area contributed by atoms with Gasteiger partial charge in [0.1, 0.15) is 10.8 Å². The van der Waals surface area contributed by atoms with Crippen LogP contribution in [0.25, 0.3) is 0 Å². The van der Waals surface area contributed by atoms with Crippen LogP contribution in [0, 0.1) is 13.8 Å². The van der Waals surface area contributed by atoms with Crippen molar-refractivity contribution < 1.29 is 18.7 Å². The van der Waals surface area contributed by atoms with Crippen LogP contribution in [0.4, 0.5) is 10.8 Å². The highest BCUT2D eigenvalue weighted by molar-refractivity contribution is 7.16. The van der Waals surface area contributed by atoms with Gasteiger partial charge in [-0.1, -0.05) is 12.1 Å². The molecule has 2 N–H and O–H groups in total. The van der Waals surface area contributed by atoms with E-state index in [9.17, 15) is 4.79 Å². The number of nitrogens with zero attached hydrogens (tertiary/aromatic N) is 1. The number of rotatable bonds is 8. The summed E-state index contributed by atoms with van der Waals surface area (Å²) in [6.07, 6.45) is 3.22. The Labute approximate surface area is 196 Å². The number of amides is 1. The number of hydrogen-bond acceptors (Lipinski definition) is 7. The van der Waals surface area contributed by atoms with Gasteiger partial charge >= 0.3 is 0 Å². The number of aromatic nitrogens is 1. The van der Waals surface area contributed by atoms with Crippen LogP contribution in [0.15, 0.2) is 65.4 Å². The second kappa shape index (κ2) is 9.79. The summed E-state index contributed by atoms with van der Waals surface area (Å²) in [6, 6.07) is 14.5. The molecule has 4 aromatic rings. The van der Waals surface area contributed by atoms with Gasteiger partial charge in [0.15, 0.2) is 17.3 Å². The van der Waals surface area contributed by atoms with Gasteiger partial charge in [-0.3, -0.25) is 4.79 Å². The molecule has 0 bridgehead atoms. The number of thiophene rings is 1. The number of carbonyl (C=O) groups excluding carboxylic acids is 1. The number of pyridine rings is 1. The summed E-state index contributed by atoms with van der Waals surface area (Å²) in [5.41, 5.74) is 2.97. The minimum absolute atomic E-state index is 0.255. The van der Waals surface area contributed by atoms with Gasteiger partial charge in [0, 0.05) is 16.6 Å². The zero-order valence-electron chi connectivity index (χ0n) is 18.8. The normalized spacial score (nSPS) is 11.6. The predicted molar refractivity (Wildman–Crippen MR) is 130 cm³/mol. The summed E-state index contributed by atoms with van der Waals surface area (Å²) in [6.45, 7) is 4.09. The Balaban J connectivity index is 1.81. The molecular weight excluding hydrogens is 438 g/mol. The number of methoxy groups -OCH3 is 2. The number of furan rings is 1. The molecule has 0 spiro atoms. The van der Waals surface area contributed by atoms with Crippen molar-refractivity contribution in [3.05, 3.63) is 88.3 Å². The van der Waals surface area contributed by atoms with E-state index in [4.69, 9.17) is 13.9 Å². The van der Waals surface area contributed by atoms with E-state index in [0.29, 0.717) is 17.3 Å². The number of benzene rings is 1. The quantitative estimate of drug-likeness (QED) is 0.342. The molecule has 3 heterocycles. The van der Waals surface area contributed by atoms with Crippen molar-refractivity contribution in [3.8, 4) is 11.5 Å². The molecule has 1 aromatic carbocycles. The average Bonchev–Trinajstić information content (AvgIpc) is 3.47. The summed E-state index contributed by atoms with van der Waals surface area (Å²) >= 11 is 1.53. The van der Waals surface area contributed by atoms with E-state index in [-0.39, 0.29) is 17.7 Å². The first-order valence-electron chi connectivity index (χ1n) is 10.4. The topological polar surface area (TPSA) is 85.6 Å². The summed E-state index contributed by atoms with van der Waals surface area (Å²) in [5, 5.41) is 7.30.